The lowest BCUT2D eigenvalue weighted by Crippen LogP contribution is -2.25. The number of thioether (sulfide) groups is 1. The number of hydrogen-bond acceptors (Lipinski definition) is 3. The van der Waals surface area contributed by atoms with Gasteiger partial charge in [-0.3, -0.25) is 4.99 Å². The standard InChI is InChI=1S/C10H11F3N2S/c1-16-9(2-3-14)7-4-8(6-15-5-7)10(11,12)13/h5-7,9H,2,4H2,1H3/t7?,9-/m0/s1. The van der Waals surface area contributed by atoms with Crippen LogP contribution in [0.25, 0.3) is 0 Å². The fraction of sp³-hybridized carbons (Fsp3) is 0.600. The third-order valence-electron chi connectivity index (χ3n) is 2.40. The third kappa shape index (κ3) is 3.27. The lowest BCUT2D eigenvalue weighted by atomic mass is 9.94. The first-order valence-corrected chi connectivity index (χ1v) is 5.97. The molecular weight excluding hydrogens is 237 g/mol. The van der Waals surface area contributed by atoms with Crippen molar-refractivity contribution in [1.29, 1.82) is 5.26 Å². The maximum atomic E-state index is 12.5. The Bertz CT molecular complexity index is 341. The molecule has 2 nitrogen and oxygen atoms in total. The van der Waals surface area contributed by atoms with Gasteiger partial charge in [0.2, 0.25) is 0 Å². The lowest BCUT2D eigenvalue weighted by Gasteiger charge is -2.24. The second-order valence-electron chi connectivity index (χ2n) is 3.45. The Morgan fingerprint density at radius 3 is 2.88 bits per heavy atom. The molecule has 1 heterocycles. The van der Waals surface area contributed by atoms with Gasteiger partial charge in [0.1, 0.15) is 0 Å². The molecule has 0 aliphatic carbocycles. The maximum Gasteiger partial charge on any atom is 0.414 e. The average Bonchev–Trinajstić information content (AvgIpc) is 2.25. The van der Waals surface area contributed by atoms with E-state index in [1.54, 1.807) is 6.26 Å². The number of alkyl halides is 3. The predicted octanol–water partition coefficient (Wildman–Crippen LogP) is 3.17. The molecule has 2 atom stereocenters. The summed E-state index contributed by atoms with van der Waals surface area (Å²) >= 11 is 1.41. The van der Waals surface area contributed by atoms with E-state index in [-0.39, 0.29) is 24.0 Å². The Morgan fingerprint density at radius 2 is 2.38 bits per heavy atom. The highest BCUT2D eigenvalue weighted by Gasteiger charge is 2.37. The molecule has 0 aromatic rings. The molecule has 88 valence electrons. The molecule has 0 aromatic carbocycles. The van der Waals surface area contributed by atoms with Crippen LogP contribution in [0.3, 0.4) is 0 Å². The minimum Gasteiger partial charge on any atom is -0.268 e. The van der Waals surface area contributed by atoms with Crippen molar-refractivity contribution in [2.45, 2.75) is 24.3 Å². The first kappa shape index (κ1) is 13.1. The minimum atomic E-state index is -4.31. The summed E-state index contributed by atoms with van der Waals surface area (Å²) < 4.78 is 37.4. The molecule has 1 aliphatic rings. The fourth-order valence-corrected chi connectivity index (χ4v) is 2.28. The van der Waals surface area contributed by atoms with Crippen LogP contribution in [0.5, 0.6) is 0 Å². The van der Waals surface area contributed by atoms with Gasteiger partial charge in [0.05, 0.1) is 11.6 Å². The number of allylic oxidation sites excluding steroid dienone is 1. The van der Waals surface area contributed by atoms with Crippen molar-refractivity contribution in [3.8, 4) is 6.07 Å². The van der Waals surface area contributed by atoms with E-state index >= 15 is 0 Å². The van der Waals surface area contributed by atoms with E-state index in [2.05, 4.69) is 4.99 Å². The highest BCUT2D eigenvalue weighted by atomic mass is 32.2. The van der Waals surface area contributed by atoms with Crippen LogP contribution in [0.2, 0.25) is 0 Å². The Balaban J connectivity index is 2.73. The van der Waals surface area contributed by atoms with Crippen LogP contribution in [0.1, 0.15) is 12.8 Å². The van der Waals surface area contributed by atoms with Gasteiger partial charge in [-0.25, -0.2) is 0 Å². The molecule has 1 unspecified atom stereocenters. The molecule has 0 radical (unpaired) electrons. The van der Waals surface area contributed by atoms with E-state index in [9.17, 15) is 13.2 Å². The van der Waals surface area contributed by atoms with Gasteiger partial charge in [-0.05, 0) is 12.7 Å². The summed E-state index contributed by atoms with van der Waals surface area (Å²) in [5, 5.41) is 8.45. The monoisotopic (exact) mass is 248 g/mol. The van der Waals surface area contributed by atoms with Gasteiger partial charge in [-0.1, -0.05) is 0 Å². The van der Waals surface area contributed by atoms with Crippen molar-refractivity contribution in [2.24, 2.45) is 10.9 Å². The molecule has 0 amide bonds. The molecule has 1 rings (SSSR count). The van der Waals surface area contributed by atoms with Crippen molar-refractivity contribution in [3.05, 3.63) is 11.8 Å². The number of nitrogens with zero attached hydrogens (tertiary/aromatic N) is 2. The van der Waals surface area contributed by atoms with E-state index in [0.717, 1.165) is 6.20 Å². The fourth-order valence-electron chi connectivity index (χ4n) is 1.52. The summed E-state index contributed by atoms with van der Waals surface area (Å²) in [7, 11) is 0. The smallest absolute Gasteiger partial charge is 0.268 e. The van der Waals surface area contributed by atoms with Gasteiger partial charge >= 0.3 is 6.18 Å². The Hall–Kier alpha value is -0.960. The van der Waals surface area contributed by atoms with Crippen molar-refractivity contribution in [2.75, 3.05) is 6.26 Å². The molecule has 0 bridgehead atoms. The molecule has 0 saturated carbocycles. The van der Waals surface area contributed by atoms with Gasteiger partial charge < -0.3 is 0 Å². The number of halogens is 3. The number of nitriles is 1. The van der Waals surface area contributed by atoms with E-state index in [1.807, 2.05) is 6.07 Å². The topological polar surface area (TPSA) is 36.1 Å². The maximum absolute atomic E-state index is 12.5. The lowest BCUT2D eigenvalue weighted by molar-refractivity contribution is -0.0950. The summed E-state index contributed by atoms with van der Waals surface area (Å²) in [6.07, 6.45) is 0.00419. The van der Waals surface area contributed by atoms with Crippen molar-refractivity contribution < 1.29 is 13.2 Å². The molecule has 0 saturated heterocycles. The highest BCUT2D eigenvalue weighted by Crippen LogP contribution is 2.35. The normalized spacial score (nSPS) is 22.4. The zero-order chi connectivity index (χ0) is 12.2. The molecule has 0 aromatic heterocycles. The molecule has 1 aliphatic heterocycles. The van der Waals surface area contributed by atoms with E-state index in [0.29, 0.717) is 0 Å². The SMILES string of the molecule is CS[C@@H](CC#N)C1C=NC=C(C(F)(F)F)C1. The Labute approximate surface area is 96.2 Å². The Kier molecular flexibility index (Phi) is 4.42. The summed E-state index contributed by atoms with van der Waals surface area (Å²) in [6, 6.07) is 1.99. The Morgan fingerprint density at radius 1 is 1.69 bits per heavy atom. The summed E-state index contributed by atoms with van der Waals surface area (Å²) in [5.41, 5.74) is -0.614. The zero-order valence-electron chi connectivity index (χ0n) is 8.66. The zero-order valence-corrected chi connectivity index (χ0v) is 9.48. The largest absolute Gasteiger partial charge is 0.414 e. The van der Waals surface area contributed by atoms with Gasteiger partial charge in [0, 0.05) is 30.0 Å². The van der Waals surface area contributed by atoms with Crippen LogP contribution in [0.4, 0.5) is 13.2 Å². The van der Waals surface area contributed by atoms with Crippen molar-refractivity contribution >= 4 is 18.0 Å². The minimum absolute atomic E-state index is 0.0831. The number of hydrogen-bond donors (Lipinski definition) is 0. The van der Waals surface area contributed by atoms with E-state index < -0.39 is 11.7 Å². The molecule has 0 N–H and O–H groups in total. The highest BCUT2D eigenvalue weighted by molar-refractivity contribution is 7.99. The third-order valence-corrected chi connectivity index (χ3v) is 3.52. The second kappa shape index (κ2) is 5.39. The first-order chi connectivity index (χ1) is 7.49. The average molecular weight is 248 g/mol. The number of aliphatic imine (C=N–C) groups is 1. The van der Waals surface area contributed by atoms with Crippen molar-refractivity contribution in [1.82, 2.24) is 0 Å². The number of rotatable bonds is 3. The van der Waals surface area contributed by atoms with Crippen LogP contribution in [-0.2, 0) is 0 Å². The van der Waals surface area contributed by atoms with Gasteiger partial charge in [-0.15, -0.1) is 0 Å². The predicted molar refractivity (Wildman–Crippen MR) is 58.3 cm³/mol. The molecule has 16 heavy (non-hydrogen) atoms. The van der Waals surface area contributed by atoms with E-state index in [4.69, 9.17) is 5.26 Å². The van der Waals surface area contributed by atoms with Crippen LogP contribution < -0.4 is 0 Å². The van der Waals surface area contributed by atoms with Gasteiger partial charge in [0.15, 0.2) is 0 Å². The molecular formula is C10H11F3N2S. The van der Waals surface area contributed by atoms with Crippen LogP contribution >= 0.6 is 11.8 Å². The summed E-state index contributed by atoms with van der Waals surface area (Å²) in [6.45, 7) is 0. The van der Waals surface area contributed by atoms with Gasteiger partial charge in [-0.2, -0.15) is 30.2 Å². The first-order valence-electron chi connectivity index (χ1n) is 4.68. The van der Waals surface area contributed by atoms with Crippen LogP contribution in [-0.4, -0.2) is 23.9 Å². The van der Waals surface area contributed by atoms with Crippen LogP contribution in [0.15, 0.2) is 16.8 Å². The summed E-state index contributed by atoms with van der Waals surface area (Å²) in [5.74, 6) is -0.309. The van der Waals surface area contributed by atoms with Crippen molar-refractivity contribution in [3.63, 3.8) is 0 Å². The second-order valence-corrected chi connectivity index (χ2v) is 4.53. The van der Waals surface area contributed by atoms with Gasteiger partial charge in [0.25, 0.3) is 0 Å². The van der Waals surface area contributed by atoms with Crippen LogP contribution in [0, 0.1) is 17.2 Å². The van der Waals surface area contributed by atoms with E-state index in [1.165, 1.54) is 18.0 Å². The summed E-state index contributed by atoms with van der Waals surface area (Å²) in [4.78, 5) is 3.63. The molecule has 0 fully saturated rings. The molecule has 0 spiro atoms. The quantitative estimate of drug-likeness (QED) is 0.769. The molecule has 6 heteroatoms.